The van der Waals surface area contributed by atoms with Gasteiger partial charge in [0.25, 0.3) is 0 Å². The van der Waals surface area contributed by atoms with Gasteiger partial charge in [-0.3, -0.25) is 0 Å². The molecule has 0 spiro atoms. The van der Waals surface area contributed by atoms with Crippen LogP contribution in [0.4, 0.5) is 0 Å². The van der Waals surface area contributed by atoms with Gasteiger partial charge in [0.15, 0.2) is 0 Å². The molecule has 2 rings (SSSR count). The summed E-state index contributed by atoms with van der Waals surface area (Å²) in [5.41, 5.74) is 0.950. The van der Waals surface area contributed by atoms with E-state index in [9.17, 15) is 0 Å². The molecule has 2 fully saturated rings. The van der Waals surface area contributed by atoms with Crippen LogP contribution in [0, 0.1) is 10.8 Å². The minimum atomic E-state index is 0.475. The molecule has 0 aromatic rings. The summed E-state index contributed by atoms with van der Waals surface area (Å²) in [6.45, 7) is 12.0. The van der Waals surface area contributed by atoms with Gasteiger partial charge in [0, 0.05) is 18.6 Å². The van der Waals surface area contributed by atoms with Crippen LogP contribution in [0.25, 0.3) is 0 Å². The summed E-state index contributed by atoms with van der Waals surface area (Å²) in [5, 5.41) is 3.86. The van der Waals surface area contributed by atoms with Crippen LogP contribution >= 0.6 is 0 Å². The van der Waals surface area contributed by atoms with Crippen molar-refractivity contribution in [3.63, 3.8) is 0 Å². The van der Waals surface area contributed by atoms with Crippen LogP contribution < -0.4 is 5.32 Å². The molecule has 0 aromatic carbocycles. The summed E-state index contributed by atoms with van der Waals surface area (Å²) in [5.74, 6) is 0. The number of rotatable bonds is 2. The van der Waals surface area contributed by atoms with Crippen molar-refractivity contribution in [1.29, 1.82) is 0 Å². The Kier molecular flexibility index (Phi) is 2.63. The number of likely N-dealkylation sites (N-methyl/N-ethyl adjacent to an activating group) is 1. The maximum Gasteiger partial charge on any atom is 0.0198 e. The molecule has 0 bridgehead atoms. The van der Waals surface area contributed by atoms with Crippen LogP contribution in [0.2, 0.25) is 0 Å². The Morgan fingerprint density at radius 1 is 1.13 bits per heavy atom. The fourth-order valence-electron chi connectivity index (χ4n) is 3.15. The summed E-state index contributed by atoms with van der Waals surface area (Å²) in [6.07, 6.45) is 2.70. The molecule has 2 nitrogen and oxygen atoms in total. The standard InChI is InChI=1S/C13H26N2/c1-12(2)11(13(12,3)4)14-10-7-6-8-15(5)9-10/h10-11,14H,6-9H2,1-5H3. The Morgan fingerprint density at radius 3 is 2.20 bits per heavy atom. The van der Waals surface area contributed by atoms with Crippen molar-refractivity contribution in [3.05, 3.63) is 0 Å². The summed E-state index contributed by atoms with van der Waals surface area (Å²) in [4.78, 5) is 2.45. The van der Waals surface area contributed by atoms with Gasteiger partial charge in [-0.05, 0) is 37.3 Å². The second-order valence-electron chi connectivity index (χ2n) is 6.64. The van der Waals surface area contributed by atoms with Crippen molar-refractivity contribution in [1.82, 2.24) is 10.2 Å². The molecule has 1 saturated heterocycles. The SMILES string of the molecule is CN1CCCC(NC2C(C)(C)C2(C)C)C1. The van der Waals surface area contributed by atoms with Gasteiger partial charge in [0.1, 0.15) is 0 Å². The highest BCUT2D eigenvalue weighted by molar-refractivity contribution is 5.18. The van der Waals surface area contributed by atoms with Gasteiger partial charge < -0.3 is 10.2 Å². The van der Waals surface area contributed by atoms with Gasteiger partial charge in [-0.2, -0.15) is 0 Å². The van der Waals surface area contributed by atoms with Crippen molar-refractivity contribution in [2.24, 2.45) is 10.8 Å². The topological polar surface area (TPSA) is 15.3 Å². The molecular weight excluding hydrogens is 184 g/mol. The molecule has 1 unspecified atom stereocenters. The molecule has 2 aliphatic rings. The van der Waals surface area contributed by atoms with Crippen LogP contribution in [-0.2, 0) is 0 Å². The molecule has 1 aliphatic heterocycles. The molecule has 1 saturated carbocycles. The molecule has 0 radical (unpaired) electrons. The fourth-order valence-corrected chi connectivity index (χ4v) is 3.15. The van der Waals surface area contributed by atoms with Crippen LogP contribution in [-0.4, -0.2) is 37.1 Å². The Balaban J connectivity index is 1.88. The van der Waals surface area contributed by atoms with E-state index < -0.39 is 0 Å². The Hall–Kier alpha value is -0.0800. The lowest BCUT2D eigenvalue weighted by atomic mass is 10.0. The predicted octanol–water partition coefficient (Wildman–Crippen LogP) is 2.10. The average molecular weight is 210 g/mol. The minimum Gasteiger partial charge on any atom is -0.309 e. The maximum absolute atomic E-state index is 3.86. The molecule has 88 valence electrons. The number of likely N-dealkylation sites (tertiary alicyclic amines) is 1. The normalized spacial score (nSPS) is 35.4. The van der Waals surface area contributed by atoms with Crippen molar-refractivity contribution in [2.45, 2.75) is 52.6 Å². The van der Waals surface area contributed by atoms with Crippen molar-refractivity contribution >= 4 is 0 Å². The molecule has 0 amide bonds. The highest BCUT2D eigenvalue weighted by atomic mass is 15.2. The molecule has 0 aromatic heterocycles. The van der Waals surface area contributed by atoms with Gasteiger partial charge >= 0.3 is 0 Å². The summed E-state index contributed by atoms with van der Waals surface area (Å²) >= 11 is 0. The highest BCUT2D eigenvalue weighted by Gasteiger charge is 2.64. The van der Waals surface area contributed by atoms with Crippen LogP contribution in [0.15, 0.2) is 0 Å². The van der Waals surface area contributed by atoms with E-state index in [2.05, 4.69) is 45.0 Å². The van der Waals surface area contributed by atoms with E-state index in [1.54, 1.807) is 0 Å². The van der Waals surface area contributed by atoms with E-state index in [-0.39, 0.29) is 0 Å². The summed E-state index contributed by atoms with van der Waals surface area (Å²) in [6, 6.07) is 1.43. The molecule has 15 heavy (non-hydrogen) atoms. The molecule has 1 N–H and O–H groups in total. The number of nitrogens with zero attached hydrogens (tertiary/aromatic N) is 1. The third-order valence-electron chi connectivity index (χ3n) is 5.05. The fraction of sp³-hybridized carbons (Fsp3) is 1.00. The zero-order valence-electron chi connectivity index (χ0n) is 10.9. The Bertz CT molecular complexity index is 231. The van der Waals surface area contributed by atoms with Gasteiger partial charge in [-0.25, -0.2) is 0 Å². The van der Waals surface area contributed by atoms with E-state index in [0.717, 1.165) is 6.04 Å². The monoisotopic (exact) mass is 210 g/mol. The lowest BCUT2D eigenvalue weighted by molar-refractivity contribution is 0.221. The number of nitrogens with one attached hydrogen (secondary N) is 1. The van der Waals surface area contributed by atoms with Crippen LogP contribution in [0.1, 0.15) is 40.5 Å². The quantitative estimate of drug-likeness (QED) is 0.751. The van der Waals surface area contributed by atoms with Crippen LogP contribution in [0.5, 0.6) is 0 Å². The third kappa shape index (κ3) is 1.83. The van der Waals surface area contributed by atoms with Gasteiger partial charge in [0.05, 0.1) is 0 Å². The molecule has 1 aliphatic carbocycles. The van der Waals surface area contributed by atoms with E-state index in [4.69, 9.17) is 0 Å². The summed E-state index contributed by atoms with van der Waals surface area (Å²) < 4.78 is 0. The number of hydrogen-bond donors (Lipinski definition) is 1. The molecule has 1 heterocycles. The van der Waals surface area contributed by atoms with Gasteiger partial charge in [0.2, 0.25) is 0 Å². The molecule has 1 atom stereocenters. The van der Waals surface area contributed by atoms with Gasteiger partial charge in [-0.15, -0.1) is 0 Å². The van der Waals surface area contributed by atoms with E-state index in [1.807, 2.05) is 0 Å². The first-order chi connectivity index (χ1) is 6.85. The van der Waals surface area contributed by atoms with Crippen molar-refractivity contribution in [3.8, 4) is 0 Å². The molecular formula is C13H26N2. The zero-order valence-corrected chi connectivity index (χ0v) is 10.9. The highest BCUT2D eigenvalue weighted by Crippen LogP contribution is 2.62. The van der Waals surface area contributed by atoms with Crippen molar-refractivity contribution < 1.29 is 0 Å². The van der Waals surface area contributed by atoms with Crippen LogP contribution in [0.3, 0.4) is 0 Å². The first-order valence-electron chi connectivity index (χ1n) is 6.30. The van der Waals surface area contributed by atoms with Gasteiger partial charge in [-0.1, -0.05) is 27.7 Å². The van der Waals surface area contributed by atoms with E-state index in [1.165, 1.54) is 25.9 Å². The van der Waals surface area contributed by atoms with E-state index >= 15 is 0 Å². The predicted molar refractivity (Wildman–Crippen MR) is 65.0 cm³/mol. The lowest BCUT2D eigenvalue weighted by Gasteiger charge is -2.31. The molecule has 2 heteroatoms. The second kappa shape index (κ2) is 3.46. The minimum absolute atomic E-state index is 0.475. The summed E-state index contributed by atoms with van der Waals surface area (Å²) in [7, 11) is 2.23. The second-order valence-corrected chi connectivity index (χ2v) is 6.64. The smallest absolute Gasteiger partial charge is 0.0198 e. The maximum atomic E-state index is 3.86. The first kappa shape index (κ1) is 11.4. The largest absolute Gasteiger partial charge is 0.309 e. The zero-order chi connectivity index (χ0) is 11.3. The van der Waals surface area contributed by atoms with Crippen molar-refractivity contribution in [2.75, 3.05) is 20.1 Å². The number of hydrogen-bond acceptors (Lipinski definition) is 2. The average Bonchev–Trinajstić information content (AvgIpc) is 2.48. The first-order valence-corrected chi connectivity index (χ1v) is 6.30. The Morgan fingerprint density at radius 2 is 1.73 bits per heavy atom. The number of piperidine rings is 1. The van der Waals surface area contributed by atoms with E-state index in [0.29, 0.717) is 16.9 Å². The lowest BCUT2D eigenvalue weighted by Crippen LogP contribution is -2.46. The Labute approximate surface area is 94.4 Å². The third-order valence-corrected chi connectivity index (χ3v) is 5.05.